The molecule has 0 aliphatic rings. The standard InChI is InChI=1S/C26H24ClN3O/c1-26(2,3)23-17-24(30(29-23)22-12-8-7-11-21(22)27)28-25(31)20-15-13-19(14-16-20)18-9-5-4-6-10-18/h4-17H,1-3H3,(H,28,31). The van der Waals surface area contributed by atoms with Crippen LogP contribution in [0.1, 0.15) is 36.8 Å². The second kappa shape index (κ2) is 8.40. The number of hydrogen-bond donors (Lipinski definition) is 1. The summed E-state index contributed by atoms with van der Waals surface area (Å²) in [5.41, 5.74) is 4.15. The van der Waals surface area contributed by atoms with Crippen molar-refractivity contribution in [3.63, 3.8) is 0 Å². The maximum Gasteiger partial charge on any atom is 0.256 e. The third kappa shape index (κ3) is 4.54. The Bertz CT molecular complexity index is 1210. The van der Waals surface area contributed by atoms with E-state index >= 15 is 0 Å². The Morgan fingerprint density at radius 1 is 0.871 bits per heavy atom. The number of aromatic nitrogens is 2. The highest BCUT2D eigenvalue weighted by Crippen LogP contribution is 2.29. The van der Waals surface area contributed by atoms with E-state index in [2.05, 4.69) is 26.1 Å². The molecule has 4 rings (SSSR count). The number of para-hydroxylation sites is 1. The minimum atomic E-state index is -0.201. The van der Waals surface area contributed by atoms with E-state index in [0.29, 0.717) is 16.4 Å². The number of rotatable bonds is 4. The van der Waals surface area contributed by atoms with Crippen LogP contribution in [0.3, 0.4) is 0 Å². The molecular weight excluding hydrogens is 406 g/mol. The monoisotopic (exact) mass is 429 g/mol. The molecule has 1 aromatic heterocycles. The van der Waals surface area contributed by atoms with E-state index < -0.39 is 0 Å². The fraction of sp³-hybridized carbons (Fsp3) is 0.154. The molecule has 0 spiro atoms. The number of nitrogens with zero attached hydrogens (tertiary/aromatic N) is 2. The molecule has 0 atom stereocenters. The van der Waals surface area contributed by atoms with Gasteiger partial charge in [0.25, 0.3) is 5.91 Å². The van der Waals surface area contributed by atoms with Crippen LogP contribution in [-0.4, -0.2) is 15.7 Å². The number of halogens is 1. The van der Waals surface area contributed by atoms with E-state index in [9.17, 15) is 4.79 Å². The Hall–Kier alpha value is -3.37. The van der Waals surface area contributed by atoms with Crippen molar-refractivity contribution in [2.75, 3.05) is 5.32 Å². The first kappa shape index (κ1) is 20.9. The van der Waals surface area contributed by atoms with Crippen LogP contribution >= 0.6 is 11.6 Å². The molecule has 5 heteroatoms. The molecule has 0 aliphatic carbocycles. The normalized spacial score (nSPS) is 11.4. The SMILES string of the molecule is CC(C)(C)c1cc(NC(=O)c2ccc(-c3ccccc3)cc2)n(-c2ccccc2Cl)n1. The van der Waals surface area contributed by atoms with Gasteiger partial charge >= 0.3 is 0 Å². The highest BCUT2D eigenvalue weighted by molar-refractivity contribution is 6.32. The number of carbonyl (C=O) groups excluding carboxylic acids is 1. The summed E-state index contributed by atoms with van der Waals surface area (Å²) < 4.78 is 1.69. The van der Waals surface area contributed by atoms with Gasteiger partial charge in [-0.3, -0.25) is 4.79 Å². The summed E-state index contributed by atoms with van der Waals surface area (Å²) >= 11 is 6.41. The molecule has 0 radical (unpaired) electrons. The van der Waals surface area contributed by atoms with Gasteiger partial charge < -0.3 is 5.32 Å². The van der Waals surface area contributed by atoms with Crippen molar-refractivity contribution in [3.8, 4) is 16.8 Å². The van der Waals surface area contributed by atoms with E-state index in [0.717, 1.165) is 22.5 Å². The molecule has 4 aromatic rings. The van der Waals surface area contributed by atoms with E-state index in [1.807, 2.05) is 84.9 Å². The number of carbonyl (C=O) groups is 1. The van der Waals surface area contributed by atoms with Crippen LogP contribution in [0.2, 0.25) is 5.02 Å². The van der Waals surface area contributed by atoms with Crippen molar-refractivity contribution < 1.29 is 4.79 Å². The first-order chi connectivity index (χ1) is 14.8. The number of hydrogen-bond acceptors (Lipinski definition) is 2. The minimum Gasteiger partial charge on any atom is -0.306 e. The number of benzene rings is 3. The van der Waals surface area contributed by atoms with Gasteiger partial charge in [0.05, 0.1) is 16.4 Å². The Morgan fingerprint density at radius 2 is 1.48 bits per heavy atom. The molecule has 0 aliphatic heterocycles. The maximum absolute atomic E-state index is 13.0. The molecule has 0 saturated heterocycles. The molecule has 0 fully saturated rings. The largest absolute Gasteiger partial charge is 0.306 e. The zero-order valence-electron chi connectivity index (χ0n) is 17.8. The van der Waals surface area contributed by atoms with Crippen molar-refractivity contribution in [1.29, 1.82) is 0 Å². The van der Waals surface area contributed by atoms with Crippen LogP contribution in [0.5, 0.6) is 0 Å². The van der Waals surface area contributed by atoms with E-state index in [-0.39, 0.29) is 11.3 Å². The van der Waals surface area contributed by atoms with Crippen LogP contribution < -0.4 is 5.32 Å². The van der Waals surface area contributed by atoms with Gasteiger partial charge in [0.2, 0.25) is 0 Å². The van der Waals surface area contributed by atoms with E-state index in [1.165, 1.54) is 0 Å². The predicted molar refractivity (Wildman–Crippen MR) is 127 cm³/mol. The molecule has 0 saturated carbocycles. The van der Waals surface area contributed by atoms with Crippen molar-refractivity contribution in [2.45, 2.75) is 26.2 Å². The fourth-order valence-electron chi connectivity index (χ4n) is 3.28. The lowest BCUT2D eigenvalue weighted by molar-refractivity contribution is 0.102. The summed E-state index contributed by atoms with van der Waals surface area (Å²) in [5, 5.41) is 8.30. The van der Waals surface area contributed by atoms with Crippen molar-refractivity contribution in [2.24, 2.45) is 0 Å². The first-order valence-electron chi connectivity index (χ1n) is 10.2. The molecular formula is C26H24ClN3O. The zero-order valence-corrected chi connectivity index (χ0v) is 18.5. The number of anilines is 1. The van der Waals surface area contributed by atoms with E-state index in [4.69, 9.17) is 16.7 Å². The summed E-state index contributed by atoms with van der Waals surface area (Å²) in [6, 6.07) is 27.0. The molecule has 3 aromatic carbocycles. The van der Waals surface area contributed by atoms with E-state index in [1.54, 1.807) is 4.68 Å². The average molecular weight is 430 g/mol. The first-order valence-corrected chi connectivity index (χ1v) is 10.5. The van der Waals surface area contributed by atoms with Gasteiger partial charge in [-0.25, -0.2) is 4.68 Å². The fourth-order valence-corrected chi connectivity index (χ4v) is 3.49. The molecule has 0 unspecified atom stereocenters. The van der Waals surface area contributed by atoms with Crippen molar-refractivity contribution >= 4 is 23.3 Å². The minimum absolute atomic E-state index is 0.177. The van der Waals surface area contributed by atoms with Gasteiger partial charge in [0, 0.05) is 17.0 Å². The van der Waals surface area contributed by atoms with Gasteiger partial charge in [0.1, 0.15) is 5.82 Å². The summed E-state index contributed by atoms with van der Waals surface area (Å²) in [6.45, 7) is 6.25. The molecule has 156 valence electrons. The Labute approximate surface area is 187 Å². The molecule has 1 heterocycles. The molecule has 4 nitrogen and oxygen atoms in total. The number of nitrogens with one attached hydrogen (secondary N) is 1. The van der Waals surface area contributed by atoms with Crippen LogP contribution in [-0.2, 0) is 5.41 Å². The van der Waals surface area contributed by atoms with Crippen LogP contribution in [0.25, 0.3) is 16.8 Å². The molecule has 31 heavy (non-hydrogen) atoms. The van der Waals surface area contributed by atoms with Gasteiger partial charge in [-0.1, -0.05) is 87.0 Å². The predicted octanol–water partition coefficient (Wildman–Crippen LogP) is 6.74. The lowest BCUT2D eigenvalue weighted by Gasteiger charge is -2.14. The van der Waals surface area contributed by atoms with Crippen molar-refractivity contribution in [3.05, 3.63) is 101 Å². The molecule has 1 amide bonds. The zero-order chi connectivity index (χ0) is 22.0. The molecule has 1 N–H and O–H groups in total. The average Bonchev–Trinajstić information content (AvgIpc) is 3.19. The lowest BCUT2D eigenvalue weighted by atomic mass is 9.92. The second-order valence-corrected chi connectivity index (χ2v) is 8.83. The van der Waals surface area contributed by atoms with Crippen LogP contribution in [0.15, 0.2) is 84.9 Å². The van der Waals surface area contributed by atoms with Gasteiger partial charge in [-0.05, 0) is 35.4 Å². The van der Waals surface area contributed by atoms with Crippen molar-refractivity contribution in [1.82, 2.24) is 9.78 Å². The lowest BCUT2D eigenvalue weighted by Crippen LogP contribution is -2.15. The highest BCUT2D eigenvalue weighted by atomic mass is 35.5. The quantitative estimate of drug-likeness (QED) is 0.390. The second-order valence-electron chi connectivity index (χ2n) is 8.43. The van der Waals surface area contributed by atoms with Crippen LogP contribution in [0, 0.1) is 0 Å². The number of amides is 1. The van der Waals surface area contributed by atoms with Gasteiger partial charge in [0.15, 0.2) is 0 Å². The Kier molecular flexibility index (Phi) is 5.66. The smallest absolute Gasteiger partial charge is 0.256 e. The summed E-state index contributed by atoms with van der Waals surface area (Å²) in [4.78, 5) is 13.0. The Balaban J connectivity index is 1.65. The summed E-state index contributed by atoms with van der Waals surface area (Å²) in [5.74, 6) is 0.378. The molecule has 0 bridgehead atoms. The maximum atomic E-state index is 13.0. The topological polar surface area (TPSA) is 46.9 Å². The third-order valence-electron chi connectivity index (χ3n) is 5.05. The Morgan fingerprint density at radius 3 is 2.13 bits per heavy atom. The van der Waals surface area contributed by atoms with Gasteiger partial charge in [-0.2, -0.15) is 5.10 Å². The van der Waals surface area contributed by atoms with Gasteiger partial charge in [-0.15, -0.1) is 0 Å². The highest BCUT2D eigenvalue weighted by Gasteiger charge is 2.22. The summed E-state index contributed by atoms with van der Waals surface area (Å²) in [6.07, 6.45) is 0. The third-order valence-corrected chi connectivity index (χ3v) is 5.37. The summed E-state index contributed by atoms with van der Waals surface area (Å²) in [7, 11) is 0. The van der Waals surface area contributed by atoms with Crippen LogP contribution in [0.4, 0.5) is 5.82 Å².